The molecule has 11 amide bonds. The highest BCUT2D eigenvalue weighted by Gasteiger charge is 2.32. The van der Waals surface area contributed by atoms with Crippen molar-refractivity contribution in [3.05, 3.63) is 81.4 Å². The summed E-state index contributed by atoms with van der Waals surface area (Å²) in [5.74, 6) is -16.5. The zero-order valence-corrected chi connectivity index (χ0v) is 71.5. The van der Waals surface area contributed by atoms with Gasteiger partial charge in [-0.1, -0.05) is 54.6 Å². The molecule has 4 rings (SSSR count). The summed E-state index contributed by atoms with van der Waals surface area (Å²) in [7, 11) is 0. The van der Waals surface area contributed by atoms with E-state index < -0.39 is 176 Å². The van der Waals surface area contributed by atoms with E-state index in [0.29, 0.717) is 31.2 Å². The predicted molar refractivity (Wildman–Crippen MR) is 451 cm³/mol. The van der Waals surface area contributed by atoms with Gasteiger partial charge in [0.2, 0.25) is 41.4 Å². The van der Waals surface area contributed by atoms with E-state index in [4.69, 9.17) is 19.7 Å². The molecule has 0 unspecified atom stereocenters. The molecule has 44 nitrogen and oxygen atoms in total. The van der Waals surface area contributed by atoms with E-state index >= 15 is 0 Å². The number of rotatable bonds is 60. The van der Waals surface area contributed by atoms with Crippen molar-refractivity contribution in [2.75, 3.05) is 131 Å². The van der Waals surface area contributed by atoms with Gasteiger partial charge in [0.15, 0.2) is 0 Å². The molecule has 1 aliphatic heterocycles. The fourth-order valence-corrected chi connectivity index (χ4v) is 13.2. The lowest BCUT2D eigenvalue weighted by atomic mass is 10.0. The summed E-state index contributed by atoms with van der Waals surface area (Å²) in [5, 5.41) is 114. The zero-order valence-electron chi connectivity index (χ0n) is 69.3. The van der Waals surface area contributed by atoms with Crippen LogP contribution in [0.5, 0.6) is 0 Å². The number of carboxylic acid groups (broad SMARTS) is 9. The topological polar surface area (TPSA) is 653 Å². The van der Waals surface area contributed by atoms with Crippen LogP contribution in [0.4, 0.5) is 9.59 Å². The SMILES string of the molecule is O=C(O)CC[C@H](NC(=O)N[C@@H](CCCCNC(=O)CC[C@H](NC(=O)[C@H](Cc1ccc2ccccc2c1)NC(=O)COCCOCCNC(=O)[C@H](CCCCNC(=O)CN1CCN(CC(=O)O)CCN(CC(=O)O)CCN(CC(=O)O)CC1)NC(=O)CCCc1ccc(I)cc1)C(=O)NCCCC[C@H](NC(=O)N[C@@H](CCC(=O)O)C(=O)O)C(=O)O)C(=O)O)C(=O)O. The minimum Gasteiger partial charge on any atom is -0.481 e. The van der Waals surface area contributed by atoms with Crippen LogP contribution in [0, 0.1) is 3.57 Å². The number of nitrogens with zero attached hydrogens (tertiary/aromatic N) is 4. The van der Waals surface area contributed by atoms with Crippen LogP contribution in [0.25, 0.3) is 10.8 Å². The third-order valence-corrected chi connectivity index (χ3v) is 20.3. The molecule has 0 aromatic heterocycles. The normalized spacial score (nSPS) is 14.6. The standard InChI is InChI=1S/C80H116IN15O29/c81-55-21-18-51(19-22-55)10-9-16-64(98)86-56(13-3-6-30-83-65(99)46-93-33-35-94(47-69(105)106)37-39-96(49-71(109)110)40-38-95(36-34-93)48-70(107)108)72(111)85-32-41-124-42-43-125-50-66(100)87-62(45-52-17-20-53-11-1-2-12-54(53)44-52)74(113)88-57(73(112)84-31-8-5-15-59(76(116)117)90-80(123)92-61(78(120)121)25-28-68(103)104)23-26-63(97)82-29-7-4-14-58(75(114)115)89-79(122)91-60(77(118)119)24-27-67(101)102/h1-2,11-12,17-22,44,56-62H,3-10,13-16,23-43,45-50H2,(H,82,97)(H,83,99)(H,84,112)(H,85,111)(H,86,98)(H,87,100)(H,88,113)(H,101,102)(H,103,104)(H,105,106)(H,107,108)(H,109,110)(H,114,115)(H,116,117)(H,118,119)(H,120,121)(H2,89,91,122)(H2,90,92,123)/t56-,57-,58-,59-,60-,61-,62-/m0/s1. The van der Waals surface area contributed by atoms with Crippen LogP contribution in [0.2, 0.25) is 0 Å². The zero-order chi connectivity index (χ0) is 92.2. The second kappa shape index (κ2) is 59.3. The lowest BCUT2D eigenvalue weighted by molar-refractivity contribution is -0.142. The van der Waals surface area contributed by atoms with Crippen LogP contribution in [0.3, 0.4) is 0 Å². The lowest BCUT2D eigenvalue weighted by Crippen LogP contribution is -2.55. The molecule has 0 saturated carbocycles. The maximum Gasteiger partial charge on any atom is 0.326 e. The number of aliphatic carboxylic acids is 9. The van der Waals surface area contributed by atoms with Crippen LogP contribution in [-0.2, 0) is 99.0 Å². The Morgan fingerprint density at radius 3 is 1.20 bits per heavy atom. The van der Waals surface area contributed by atoms with E-state index in [9.17, 15) is 122 Å². The number of urea groups is 2. The first-order chi connectivity index (χ1) is 59.5. The Balaban J connectivity index is 1.40. The number of carbonyl (C=O) groups excluding carboxylic acids is 9. The van der Waals surface area contributed by atoms with Gasteiger partial charge in [0, 0.05) is 114 Å². The molecule has 1 fully saturated rings. The van der Waals surface area contributed by atoms with Gasteiger partial charge in [-0.15, -0.1) is 0 Å². The van der Waals surface area contributed by atoms with Crippen molar-refractivity contribution in [2.24, 2.45) is 0 Å². The first-order valence-electron chi connectivity index (χ1n) is 40.9. The van der Waals surface area contributed by atoms with Crippen LogP contribution >= 0.6 is 22.6 Å². The molecule has 7 atom stereocenters. The molecule has 692 valence electrons. The average molecular weight is 1880 g/mol. The highest BCUT2D eigenvalue weighted by Crippen LogP contribution is 2.19. The highest BCUT2D eigenvalue weighted by molar-refractivity contribution is 14.1. The quantitative estimate of drug-likeness (QED) is 0.0235. The predicted octanol–water partition coefficient (Wildman–Crippen LogP) is -1.13. The highest BCUT2D eigenvalue weighted by atomic mass is 127. The van der Waals surface area contributed by atoms with Gasteiger partial charge >= 0.3 is 65.8 Å². The van der Waals surface area contributed by atoms with Crippen molar-refractivity contribution in [1.82, 2.24) is 78.1 Å². The molecule has 3 aromatic carbocycles. The van der Waals surface area contributed by atoms with Crippen LogP contribution < -0.4 is 58.5 Å². The molecule has 1 heterocycles. The van der Waals surface area contributed by atoms with Crippen molar-refractivity contribution in [3.8, 4) is 0 Å². The first kappa shape index (κ1) is 106. The summed E-state index contributed by atoms with van der Waals surface area (Å²) in [4.78, 5) is 233. The first-order valence-corrected chi connectivity index (χ1v) is 42.0. The van der Waals surface area contributed by atoms with Crippen molar-refractivity contribution in [3.63, 3.8) is 0 Å². The molecule has 1 aliphatic rings. The van der Waals surface area contributed by atoms with Gasteiger partial charge in [0.05, 0.1) is 46.0 Å². The summed E-state index contributed by atoms with van der Waals surface area (Å²) in [5.41, 5.74) is 1.59. The maximum atomic E-state index is 14.6. The Bertz CT molecular complexity index is 4040. The Kier molecular flexibility index (Phi) is 50.2. The molecule has 3 aromatic rings. The van der Waals surface area contributed by atoms with Gasteiger partial charge in [0.1, 0.15) is 48.9 Å². The Morgan fingerprint density at radius 1 is 0.328 bits per heavy atom. The number of fused-ring (bicyclic) bond motifs is 1. The van der Waals surface area contributed by atoms with E-state index in [1.165, 1.54) is 0 Å². The van der Waals surface area contributed by atoms with Crippen molar-refractivity contribution < 1.29 is 142 Å². The smallest absolute Gasteiger partial charge is 0.326 e. The van der Waals surface area contributed by atoms with Crippen LogP contribution in [0.15, 0.2) is 66.7 Å². The second-order valence-corrected chi connectivity index (χ2v) is 30.8. The van der Waals surface area contributed by atoms with E-state index in [1.807, 2.05) is 53.1 Å². The monoisotopic (exact) mass is 1880 g/mol. The number of unbranched alkanes of at least 4 members (excludes halogenated alkanes) is 3. The van der Waals surface area contributed by atoms with E-state index in [2.05, 4.69) is 70.4 Å². The summed E-state index contributed by atoms with van der Waals surface area (Å²) >= 11 is 2.19. The van der Waals surface area contributed by atoms with Crippen LogP contribution in [0.1, 0.15) is 120 Å². The number of benzene rings is 3. The maximum absolute atomic E-state index is 14.6. The number of carbonyl (C=O) groups is 18. The summed E-state index contributed by atoms with van der Waals surface area (Å²) < 4.78 is 12.4. The third-order valence-electron chi connectivity index (χ3n) is 19.6. The van der Waals surface area contributed by atoms with Gasteiger partial charge in [-0.3, -0.25) is 77.1 Å². The average Bonchev–Trinajstić information content (AvgIpc) is 0.830. The summed E-state index contributed by atoms with van der Waals surface area (Å²) in [6.45, 7) is -0.426. The molecular formula is C80H116IN15O29. The summed E-state index contributed by atoms with van der Waals surface area (Å²) in [6, 6.07) is 7.70. The number of carboxylic acids is 9. The molecule has 0 bridgehead atoms. The number of amides is 11. The van der Waals surface area contributed by atoms with Crippen molar-refractivity contribution >= 4 is 140 Å². The number of hydrogen-bond donors (Lipinski definition) is 20. The van der Waals surface area contributed by atoms with Gasteiger partial charge in [0.25, 0.3) is 0 Å². The van der Waals surface area contributed by atoms with Gasteiger partial charge in [-0.2, -0.15) is 0 Å². The van der Waals surface area contributed by atoms with Gasteiger partial charge in [-0.25, -0.2) is 28.8 Å². The largest absolute Gasteiger partial charge is 0.481 e. The third kappa shape index (κ3) is 47.2. The second-order valence-electron chi connectivity index (χ2n) is 29.6. The molecule has 0 aliphatic carbocycles. The molecule has 0 spiro atoms. The van der Waals surface area contributed by atoms with Crippen molar-refractivity contribution in [2.45, 2.75) is 164 Å². The Hall–Kier alpha value is -11.5. The Labute approximate surface area is 733 Å². The fourth-order valence-electron chi connectivity index (χ4n) is 12.9. The molecule has 20 N–H and O–H groups in total. The molecule has 1 saturated heterocycles. The van der Waals surface area contributed by atoms with E-state index in [0.717, 1.165) is 19.9 Å². The number of halogens is 1. The number of nitrogens with one attached hydrogen (secondary N) is 11. The number of ether oxygens (including phenoxy) is 2. The minimum absolute atomic E-state index is 0.0209. The molecule has 0 radical (unpaired) electrons. The Morgan fingerprint density at radius 2 is 0.728 bits per heavy atom. The molecule has 45 heteroatoms. The summed E-state index contributed by atoms with van der Waals surface area (Å²) in [6.07, 6.45) is -1.19. The van der Waals surface area contributed by atoms with Gasteiger partial charge in [-0.05, 0) is 147 Å². The fraction of sp³-hybridized carbons (Fsp3) is 0.575. The lowest BCUT2D eigenvalue weighted by Gasteiger charge is -2.32. The van der Waals surface area contributed by atoms with Crippen LogP contribution in [-0.4, -0.2) is 346 Å². The number of aryl methyl sites for hydroxylation is 1. The minimum atomic E-state index is -1.67. The van der Waals surface area contributed by atoms with Gasteiger partial charge < -0.3 is 114 Å². The number of hydrogen-bond acceptors (Lipinski definition) is 24. The molecule has 125 heavy (non-hydrogen) atoms. The van der Waals surface area contributed by atoms with E-state index in [-0.39, 0.29) is 201 Å². The van der Waals surface area contributed by atoms with Crippen molar-refractivity contribution in [1.29, 1.82) is 0 Å². The van der Waals surface area contributed by atoms with E-state index in [1.54, 1.807) is 43.9 Å². The molecular weight excluding hydrogens is 1760 g/mol.